The van der Waals surface area contributed by atoms with Gasteiger partial charge in [-0.15, -0.1) is 11.8 Å². The van der Waals surface area contributed by atoms with Gasteiger partial charge in [0.15, 0.2) is 0 Å². The van der Waals surface area contributed by atoms with Crippen molar-refractivity contribution in [1.29, 1.82) is 0 Å². The molecule has 1 heterocycles. The Balaban J connectivity index is 1.51. The summed E-state index contributed by atoms with van der Waals surface area (Å²) in [5.74, 6) is 1.04. The van der Waals surface area contributed by atoms with Gasteiger partial charge in [-0.2, -0.15) is 0 Å². The standard InChI is InChI=1S/C20H21N3O3S/c24-11-15(10-14-6-2-1-3-7-14)21-19(25)13-27-12-18-22-17-9-5-4-8-16(17)20(26)23-18/h1-9,15,24H,10-13H2,(H,21,25)(H,22,23,26)/t15-/m1/s1. The highest BCUT2D eigenvalue weighted by Gasteiger charge is 2.12. The molecule has 3 aromatic rings. The second-order valence-corrected chi connectivity index (χ2v) is 7.14. The van der Waals surface area contributed by atoms with E-state index in [1.807, 2.05) is 36.4 Å². The fourth-order valence-electron chi connectivity index (χ4n) is 2.77. The van der Waals surface area contributed by atoms with E-state index in [0.717, 1.165) is 5.56 Å². The Morgan fingerprint density at radius 1 is 1.15 bits per heavy atom. The molecule has 3 N–H and O–H groups in total. The molecule has 7 heteroatoms. The molecular formula is C20H21N3O3S. The van der Waals surface area contributed by atoms with Gasteiger partial charge < -0.3 is 15.4 Å². The van der Waals surface area contributed by atoms with Crippen LogP contribution in [0, 0.1) is 0 Å². The summed E-state index contributed by atoms with van der Waals surface area (Å²) >= 11 is 1.36. The monoisotopic (exact) mass is 383 g/mol. The minimum Gasteiger partial charge on any atom is -0.394 e. The molecule has 0 bridgehead atoms. The SMILES string of the molecule is O=C(CSCc1nc2ccccc2c(=O)[nH]1)N[C@@H](CO)Cc1ccccc1. The molecule has 1 atom stereocenters. The zero-order valence-electron chi connectivity index (χ0n) is 14.7. The number of hydrogen-bond donors (Lipinski definition) is 3. The van der Waals surface area contributed by atoms with Gasteiger partial charge in [0, 0.05) is 0 Å². The van der Waals surface area contributed by atoms with E-state index >= 15 is 0 Å². The number of hydrogen-bond acceptors (Lipinski definition) is 5. The molecule has 0 fully saturated rings. The van der Waals surface area contributed by atoms with Gasteiger partial charge >= 0.3 is 0 Å². The van der Waals surface area contributed by atoms with Crippen LogP contribution in [0.25, 0.3) is 10.9 Å². The maximum absolute atomic E-state index is 12.1. The average Bonchev–Trinajstić information content (AvgIpc) is 2.68. The van der Waals surface area contributed by atoms with Gasteiger partial charge in [-0.25, -0.2) is 4.98 Å². The van der Waals surface area contributed by atoms with Crippen LogP contribution in [0.3, 0.4) is 0 Å². The normalized spacial score (nSPS) is 12.0. The molecule has 140 valence electrons. The molecular weight excluding hydrogens is 362 g/mol. The van der Waals surface area contributed by atoms with E-state index in [-0.39, 0.29) is 29.9 Å². The predicted molar refractivity (Wildman–Crippen MR) is 108 cm³/mol. The van der Waals surface area contributed by atoms with Gasteiger partial charge in [-0.05, 0) is 24.1 Å². The van der Waals surface area contributed by atoms with Crippen LogP contribution in [0.1, 0.15) is 11.4 Å². The second kappa shape index (κ2) is 9.34. The first-order chi connectivity index (χ1) is 13.2. The third-order valence-electron chi connectivity index (χ3n) is 4.04. The van der Waals surface area contributed by atoms with Crippen molar-refractivity contribution < 1.29 is 9.90 Å². The van der Waals surface area contributed by atoms with Crippen molar-refractivity contribution in [3.05, 3.63) is 76.3 Å². The molecule has 0 aliphatic rings. The Hall–Kier alpha value is -2.64. The van der Waals surface area contributed by atoms with Crippen molar-refractivity contribution in [3.63, 3.8) is 0 Å². The molecule has 0 saturated heterocycles. The topological polar surface area (TPSA) is 95.1 Å². The lowest BCUT2D eigenvalue weighted by Crippen LogP contribution is -2.40. The van der Waals surface area contributed by atoms with Crippen LogP contribution < -0.4 is 10.9 Å². The number of carbonyl (C=O) groups excluding carboxylic acids is 1. The Bertz CT molecular complexity index is 959. The second-order valence-electron chi connectivity index (χ2n) is 6.16. The van der Waals surface area contributed by atoms with E-state index in [2.05, 4.69) is 15.3 Å². The number of thioether (sulfide) groups is 1. The van der Waals surface area contributed by atoms with Crippen LogP contribution in [-0.4, -0.2) is 39.4 Å². The summed E-state index contributed by atoms with van der Waals surface area (Å²) in [5.41, 5.74) is 1.52. The van der Waals surface area contributed by atoms with Gasteiger partial charge in [-0.3, -0.25) is 9.59 Å². The van der Waals surface area contributed by atoms with Crippen molar-refractivity contribution >= 4 is 28.6 Å². The summed E-state index contributed by atoms with van der Waals surface area (Å²) in [6.45, 7) is -0.120. The van der Waals surface area contributed by atoms with Crippen LogP contribution in [0.15, 0.2) is 59.4 Å². The van der Waals surface area contributed by atoms with Crippen molar-refractivity contribution in [1.82, 2.24) is 15.3 Å². The van der Waals surface area contributed by atoms with Crippen molar-refractivity contribution in [2.75, 3.05) is 12.4 Å². The molecule has 2 aromatic carbocycles. The molecule has 1 aromatic heterocycles. The first kappa shape index (κ1) is 19.1. The van der Waals surface area contributed by atoms with Crippen LogP contribution >= 0.6 is 11.8 Å². The number of aromatic nitrogens is 2. The van der Waals surface area contributed by atoms with Gasteiger partial charge in [0.2, 0.25) is 5.91 Å². The number of aromatic amines is 1. The summed E-state index contributed by atoms with van der Waals surface area (Å²) < 4.78 is 0. The van der Waals surface area contributed by atoms with Gasteiger partial charge in [0.05, 0.1) is 35.1 Å². The Morgan fingerprint density at radius 2 is 1.89 bits per heavy atom. The quantitative estimate of drug-likeness (QED) is 0.552. The molecule has 0 radical (unpaired) electrons. The van der Waals surface area contributed by atoms with Crippen LogP contribution in [0.5, 0.6) is 0 Å². The largest absolute Gasteiger partial charge is 0.394 e. The number of rotatable bonds is 8. The molecule has 6 nitrogen and oxygen atoms in total. The van der Waals surface area contributed by atoms with Gasteiger partial charge in [0.25, 0.3) is 5.56 Å². The van der Waals surface area contributed by atoms with E-state index in [1.54, 1.807) is 18.2 Å². The zero-order chi connectivity index (χ0) is 19.1. The highest BCUT2D eigenvalue weighted by molar-refractivity contribution is 7.99. The fourth-order valence-corrected chi connectivity index (χ4v) is 3.47. The molecule has 1 amide bonds. The summed E-state index contributed by atoms with van der Waals surface area (Å²) in [6, 6.07) is 16.5. The number of aliphatic hydroxyl groups is 1. The van der Waals surface area contributed by atoms with Crippen LogP contribution in [-0.2, 0) is 17.0 Å². The molecule has 0 spiro atoms. The van der Waals surface area contributed by atoms with Gasteiger partial charge in [0.1, 0.15) is 5.82 Å². The number of fused-ring (bicyclic) bond motifs is 1. The van der Waals surface area contributed by atoms with Crippen molar-refractivity contribution in [3.8, 4) is 0 Å². The number of nitrogens with zero attached hydrogens (tertiary/aromatic N) is 1. The van der Waals surface area contributed by atoms with E-state index in [4.69, 9.17) is 0 Å². The van der Waals surface area contributed by atoms with Gasteiger partial charge in [-0.1, -0.05) is 42.5 Å². The number of H-pyrrole nitrogens is 1. The minimum atomic E-state index is -0.320. The molecule has 3 rings (SSSR count). The Morgan fingerprint density at radius 3 is 2.67 bits per heavy atom. The third-order valence-corrected chi connectivity index (χ3v) is 4.99. The smallest absolute Gasteiger partial charge is 0.258 e. The maximum Gasteiger partial charge on any atom is 0.258 e. The molecule has 0 aliphatic carbocycles. The van der Waals surface area contributed by atoms with E-state index < -0.39 is 0 Å². The molecule has 0 unspecified atom stereocenters. The maximum atomic E-state index is 12.1. The van der Waals surface area contributed by atoms with Crippen molar-refractivity contribution in [2.24, 2.45) is 0 Å². The summed E-state index contributed by atoms with van der Waals surface area (Å²) in [7, 11) is 0. The van der Waals surface area contributed by atoms with Crippen LogP contribution in [0.2, 0.25) is 0 Å². The lowest BCUT2D eigenvalue weighted by Gasteiger charge is -2.16. The predicted octanol–water partition coefficient (Wildman–Crippen LogP) is 1.88. The number of carbonyl (C=O) groups is 1. The number of nitrogens with one attached hydrogen (secondary N) is 2. The fraction of sp³-hybridized carbons (Fsp3) is 0.250. The summed E-state index contributed by atoms with van der Waals surface area (Å²) in [5, 5.41) is 12.9. The van der Waals surface area contributed by atoms with E-state index in [1.165, 1.54) is 11.8 Å². The number of para-hydroxylation sites is 1. The Kier molecular flexibility index (Phi) is 6.62. The first-order valence-corrected chi connectivity index (χ1v) is 9.81. The van der Waals surface area contributed by atoms with E-state index in [0.29, 0.717) is 28.9 Å². The minimum absolute atomic E-state index is 0.120. The van der Waals surface area contributed by atoms with E-state index in [9.17, 15) is 14.7 Å². The molecule has 27 heavy (non-hydrogen) atoms. The number of benzene rings is 2. The number of amides is 1. The Labute approximate surface area is 161 Å². The highest BCUT2D eigenvalue weighted by atomic mass is 32.2. The first-order valence-electron chi connectivity index (χ1n) is 8.65. The third kappa shape index (κ3) is 5.42. The molecule has 0 saturated carbocycles. The lowest BCUT2D eigenvalue weighted by molar-refractivity contribution is -0.119. The van der Waals surface area contributed by atoms with Crippen LogP contribution in [0.4, 0.5) is 0 Å². The lowest BCUT2D eigenvalue weighted by atomic mass is 10.1. The summed E-state index contributed by atoms with van der Waals surface area (Å²) in [6.07, 6.45) is 0.577. The molecule has 0 aliphatic heterocycles. The van der Waals surface area contributed by atoms with Crippen molar-refractivity contribution in [2.45, 2.75) is 18.2 Å². The average molecular weight is 383 g/mol. The highest BCUT2D eigenvalue weighted by Crippen LogP contribution is 2.11. The zero-order valence-corrected chi connectivity index (χ0v) is 15.5. The number of aliphatic hydroxyl groups excluding tert-OH is 1. The summed E-state index contributed by atoms with van der Waals surface area (Å²) in [4.78, 5) is 31.3.